The fourth-order valence-electron chi connectivity index (χ4n) is 3.05. The van der Waals surface area contributed by atoms with Gasteiger partial charge in [0.05, 0.1) is 11.6 Å². The molecule has 1 heterocycles. The Morgan fingerprint density at radius 1 is 1.38 bits per heavy atom. The molecule has 1 fully saturated rings. The number of halogens is 2. The van der Waals surface area contributed by atoms with Crippen molar-refractivity contribution in [2.45, 2.75) is 48.6 Å². The Balaban J connectivity index is 0.00000161. The van der Waals surface area contributed by atoms with Crippen LogP contribution in [0.4, 0.5) is 0 Å². The average Bonchev–Trinajstić information content (AvgIpc) is 2.88. The molecule has 3 nitrogen and oxygen atoms in total. The van der Waals surface area contributed by atoms with Crippen LogP contribution < -0.4 is 11.1 Å². The van der Waals surface area contributed by atoms with Gasteiger partial charge < -0.3 is 11.1 Å². The van der Waals surface area contributed by atoms with Crippen molar-refractivity contribution < 1.29 is 4.79 Å². The summed E-state index contributed by atoms with van der Waals surface area (Å²) < 4.78 is 0. The highest BCUT2D eigenvalue weighted by Gasteiger charge is 2.38. The van der Waals surface area contributed by atoms with E-state index in [0.717, 1.165) is 43.4 Å². The summed E-state index contributed by atoms with van der Waals surface area (Å²) in [7, 11) is 0. The third-order valence-electron chi connectivity index (χ3n) is 4.26. The van der Waals surface area contributed by atoms with Gasteiger partial charge in [-0.2, -0.15) is 0 Å². The van der Waals surface area contributed by atoms with Crippen LogP contribution >= 0.6 is 35.8 Å². The molecule has 0 bridgehead atoms. The standard InChI is InChI=1S/C15H19ClN2OS.ClH/c16-10-3-4-13-11(9-10)12(5-8-20-13)18-14(19)15(17)6-1-2-7-15;/h3-4,9,12H,1-2,5-8,17H2,(H,18,19);1H. The van der Waals surface area contributed by atoms with Crippen LogP contribution in [0.15, 0.2) is 23.1 Å². The van der Waals surface area contributed by atoms with Gasteiger partial charge in [-0.25, -0.2) is 0 Å². The summed E-state index contributed by atoms with van der Waals surface area (Å²) in [4.78, 5) is 13.7. The van der Waals surface area contributed by atoms with Crippen LogP contribution in [0.5, 0.6) is 0 Å². The number of fused-ring (bicyclic) bond motifs is 1. The number of nitrogens with one attached hydrogen (secondary N) is 1. The topological polar surface area (TPSA) is 55.1 Å². The van der Waals surface area contributed by atoms with E-state index in [4.69, 9.17) is 17.3 Å². The third-order valence-corrected chi connectivity index (χ3v) is 5.62. The average molecular weight is 347 g/mol. The van der Waals surface area contributed by atoms with E-state index in [9.17, 15) is 4.79 Å². The molecule has 116 valence electrons. The minimum atomic E-state index is -0.663. The maximum Gasteiger partial charge on any atom is 0.240 e. The lowest BCUT2D eigenvalue weighted by Gasteiger charge is -2.30. The number of carbonyl (C=O) groups is 1. The Morgan fingerprint density at radius 3 is 2.81 bits per heavy atom. The molecule has 3 N–H and O–H groups in total. The van der Waals surface area contributed by atoms with Crippen molar-refractivity contribution in [3.05, 3.63) is 28.8 Å². The van der Waals surface area contributed by atoms with Crippen LogP contribution in [-0.2, 0) is 4.79 Å². The van der Waals surface area contributed by atoms with Crippen molar-refractivity contribution in [1.82, 2.24) is 5.32 Å². The van der Waals surface area contributed by atoms with Crippen molar-refractivity contribution in [1.29, 1.82) is 0 Å². The summed E-state index contributed by atoms with van der Waals surface area (Å²) >= 11 is 7.90. The maximum absolute atomic E-state index is 12.5. The molecule has 1 aliphatic heterocycles. The van der Waals surface area contributed by atoms with Crippen LogP contribution in [0.25, 0.3) is 0 Å². The largest absolute Gasteiger partial charge is 0.348 e. The molecule has 0 aromatic heterocycles. The highest BCUT2D eigenvalue weighted by Crippen LogP contribution is 2.38. The Hall–Kier alpha value is -0.420. The van der Waals surface area contributed by atoms with Crippen molar-refractivity contribution in [2.24, 2.45) is 5.73 Å². The zero-order valence-electron chi connectivity index (χ0n) is 11.7. The van der Waals surface area contributed by atoms with Crippen LogP contribution in [0.3, 0.4) is 0 Å². The molecule has 6 heteroatoms. The summed E-state index contributed by atoms with van der Waals surface area (Å²) in [6.45, 7) is 0. The number of hydrogen-bond acceptors (Lipinski definition) is 3. The van der Waals surface area contributed by atoms with Gasteiger partial charge >= 0.3 is 0 Å². The molecule has 1 unspecified atom stereocenters. The summed E-state index contributed by atoms with van der Waals surface area (Å²) in [5.74, 6) is 1.01. The Labute approximate surface area is 140 Å². The third kappa shape index (κ3) is 3.50. The molecule has 1 aromatic rings. The number of benzene rings is 1. The van der Waals surface area contributed by atoms with Crippen molar-refractivity contribution in [2.75, 3.05) is 5.75 Å². The second-order valence-corrected chi connectivity index (χ2v) is 7.28. The van der Waals surface area contributed by atoms with Gasteiger partial charge in [0.15, 0.2) is 0 Å². The quantitative estimate of drug-likeness (QED) is 0.858. The first kappa shape index (κ1) is 16.9. The van der Waals surface area contributed by atoms with E-state index < -0.39 is 5.54 Å². The van der Waals surface area contributed by atoms with E-state index in [1.165, 1.54) is 4.90 Å². The number of amides is 1. The Kier molecular flexibility index (Phi) is 5.47. The second-order valence-electron chi connectivity index (χ2n) is 5.71. The van der Waals surface area contributed by atoms with Gasteiger partial charge in [0.1, 0.15) is 0 Å². The molecule has 0 saturated heterocycles. The molecule has 1 atom stereocenters. The van der Waals surface area contributed by atoms with E-state index in [1.54, 1.807) is 0 Å². The number of carbonyl (C=O) groups excluding carboxylic acids is 1. The van der Waals surface area contributed by atoms with Gasteiger partial charge in [0.25, 0.3) is 0 Å². The lowest BCUT2D eigenvalue weighted by molar-refractivity contribution is -0.127. The highest BCUT2D eigenvalue weighted by atomic mass is 35.5. The van der Waals surface area contributed by atoms with Crippen LogP contribution in [0.1, 0.15) is 43.7 Å². The Bertz CT molecular complexity index is 532. The summed E-state index contributed by atoms with van der Waals surface area (Å²) in [6.07, 6.45) is 4.62. The van der Waals surface area contributed by atoms with Gasteiger partial charge in [-0.3, -0.25) is 4.79 Å². The molecular weight excluding hydrogens is 327 g/mol. The van der Waals surface area contributed by atoms with E-state index in [0.29, 0.717) is 5.02 Å². The zero-order chi connectivity index (χ0) is 14.2. The summed E-state index contributed by atoms with van der Waals surface area (Å²) in [5.41, 5.74) is 6.69. The van der Waals surface area contributed by atoms with Gasteiger partial charge in [-0.05, 0) is 43.0 Å². The smallest absolute Gasteiger partial charge is 0.240 e. The SMILES string of the molecule is Cl.NC1(C(=O)NC2CCSc3ccc(Cl)cc32)CCCC1. The molecule has 0 radical (unpaired) electrons. The van der Waals surface area contributed by atoms with Gasteiger partial charge in [-0.15, -0.1) is 24.2 Å². The van der Waals surface area contributed by atoms with Crippen molar-refractivity contribution >= 4 is 41.7 Å². The number of rotatable bonds is 2. The maximum atomic E-state index is 12.5. The molecule has 1 aromatic carbocycles. The molecule has 2 aliphatic rings. The molecule has 3 rings (SSSR count). The van der Waals surface area contributed by atoms with Gasteiger partial charge in [-0.1, -0.05) is 24.4 Å². The lowest BCUT2D eigenvalue weighted by atomic mass is 9.96. The van der Waals surface area contributed by atoms with Crippen molar-refractivity contribution in [3.8, 4) is 0 Å². The van der Waals surface area contributed by atoms with E-state index in [1.807, 2.05) is 30.0 Å². The van der Waals surface area contributed by atoms with E-state index >= 15 is 0 Å². The Morgan fingerprint density at radius 2 is 2.10 bits per heavy atom. The number of thioether (sulfide) groups is 1. The first-order valence-electron chi connectivity index (χ1n) is 7.11. The van der Waals surface area contributed by atoms with Crippen LogP contribution in [0.2, 0.25) is 5.02 Å². The summed E-state index contributed by atoms with van der Waals surface area (Å²) in [5, 5.41) is 3.87. The highest BCUT2D eigenvalue weighted by molar-refractivity contribution is 7.99. The molecule has 1 saturated carbocycles. The monoisotopic (exact) mass is 346 g/mol. The fourth-order valence-corrected chi connectivity index (χ4v) is 4.34. The predicted molar refractivity (Wildman–Crippen MR) is 90.3 cm³/mol. The van der Waals surface area contributed by atoms with Gasteiger partial charge in [0, 0.05) is 15.7 Å². The predicted octanol–water partition coefficient (Wildman–Crippen LogP) is 3.69. The van der Waals surface area contributed by atoms with Crippen LogP contribution in [-0.4, -0.2) is 17.2 Å². The molecular formula is C15H20Cl2N2OS. The zero-order valence-corrected chi connectivity index (χ0v) is 14.1. The van der Waals surface area contributed by atoms with Crippen LogP contribution in [0, 0.1) is 0 Å². The fraction of sp³-hybridized carbons (Fsp3) is 0.533. The normalized spacial score (nSPS) is 23.0. The molecule has 21 heavy (non-hydrogen) atoms. The minimum Gasteiger partial charge on any atom is -0.348 e. The molecule has 0 spiro atoms. The summed E-state index contributed by atoms with van der Waals surface area (Å²) in [6, 6.07) is 5.94. The minimum absolute atomic E-state index is 0. The van der Waals surface area contributed by atoms with Crippen molar-refractivity contribution in [3.63, 3.8) is 0 Å². The lowest BCUT2D eigenvalue weighted by Crippen LogP contribution is -2.52. The molecule has 1 aliphatic carbocycles. The second kappa shape index (κ2) is 6.78. The van der Waals surface area contributed by atoms with E-state index in [2.05, 4.69) is 5.32 Å². The van der Waals surface area contributed by atoms with E-state index in [-0.39, 0.29) is 24.4 Å². The first-order chi connectivity index (χ1) is 9.58. The van der Waals surface area contributed by atoms with Gasteiger partial charge in [0.2, 0.25) is 5.91 Å². The first-order valence-corrected chi connectivity index (χ1v) is 8.47. The molecule has 1 amide bonds. The number of nitrogens with two attached hydrogens (primary N) is 1. The number of hydrogen-bond donors (Lipinski definition) is 2.